The Balaban J connectivity index is 3.81. The van der Waals surface area contributed by atoms with Crippen LogP contribution in [0.2, 0.25) is 0 Å². The van der Waals surface area contributed by atoms with Gasteiger partial charge in [-0.25, -0.2) is 0 Å². The van der Waals surface area contributed by atoms with Gasteiger partial charge in [0.25, 0.3) is 10.1 Å². The summed E-state index contributed by atoms with van der Waals surface area (Å²) < 4.78 is 32.5. The highest BCUT2D eigenvalue weighted by molar-refractivity contribution is 7.85. The number of nitrogens with one attached hydrogen (secondary N) is 1. The average Bonchev–Trinajstić information content (AvgIpc) is 3.11. The predicted molar refractivity (Wildman–Crippen MR) is 226 cm³/mol. The minimum Gasteiger partial charge on any atom is -0.387 e. The number of rotatable bonds is 41. The van der Waals surface area contributed by atoms with Crippen LogP contribution in [-0.2, 0) is 14.9 Å². The maximum absolute atomic E-state index is 12.5. The maximum Gasteiger partial charge on any atom is 0.267 e. The molecule has 0 aromatic heterocycles. The van der Waals surface area contributed by atoms with Crippen LogP contribution in [0.5, 0.6) is 0 Å². The Morgan fingerprint density at radius 2 is 0.827 bits per heavy atom. The molecular weight excluding hydrogens is 667 g/mol. The molecule has 6 nitrogen and oxygen atoms in total. The van der Waals surface area contributed by atoms with E-state index in [4.69, 9.17) is 0 Å². The van der Waals surface area contributed by atoms with Crippen LogP contribution in [0.3, 0.4) is 0 Å². The van der Waals surface area contributed by atoms with Gasteiger partial charge in [0, 0.05) is 6.42 Å². The van der Waals surface area contributed by atoms with Crippen LogP contribution in [0.4, 0.5) is 0 Å². The molecule has 0 saturated carbocycles. The zero-order chi connectivity index (χ0) is 38.2. The molecule has 0 radical (unpaired) electrons. The van der Waals surface area contributed by atoms with E-state index in [-0.39, 0.29) is 5.91 Å². The number of hydrogen-bond acceptors (Lipinski definition) is 4. The Morgan fingerprint density at radius 3 is 1.21 bits per heavy atom. The Morgan fingerprint density at radius 1 is 0.500 bits per heavy atom. The van der Waals surface area contributed by atoms with E-state index in [2.05, 4.69) is 31.3 Å². The van der Waals surface area contributed by atoms with Crippen molar-refractivity contribution >= 4 is 16.0 Å². The second kappa shape index (κ2) is 39.5. The van der Waals surface area contributed by atoms with Crippen molar-refractivity contribution in [3.8, 4) is 0 Å². The van der Waals surface area contributed by atoms with Crippen LogP contribution in [0.25, 0.3) is 0 Å². The molecule has 308 valence electrons. The molecule has 0 aliphatic heterocycles. The lowest BCUT2D eigenvalue weighted by Gasteiger charge is -2.21. The topological polar surface area (TPSA) is 104 Å². The van der Waals surface area contributed by atoms with Crippen LogP contribution >= 0.6 is 0 Å². The van der Waals surface area contributed by atoms with E-state index in [0.29, 0.717) is 6.42 Å². The third kappa shape index (κ3) is 40.0. The highest BCUT2D eigenvalue weighted by Gasteiger charge is 2.24. The molecule has 0 saturated heterocycles. The molecule has 2 atom stereocenters. The number of hydrogen-bond donors (Lipinski definition) is 3. The van der Waals surface area contributed by atoms with E-state index in [1.54, 1.807) is 0 Å². The van der Waals surface area contributed by atoms with Gasteiger partial charge in [-0.05, 0) is 32.1 Å². The van der Waals surface area contributed by atoms with E-state index in [1.165, 1.54) is 186 Å². The fourth-order valence-corrected chi connectivity index (χ4v) is 7.73. The van der Waals surface area contributed by atoms with E-state index < -0.39 is 28.0 Å². The SMILES string of the molecule is CCCCCCCCCC/C=C/CC/C=C/C(O)C(CS(=O)(=O)O)NC(=O)CCCCCCCCCCCCCCCCCCCCCCCCC. The normalized spacial score (nSPS) is 13.4. The van der Waals surface area contributed by atoms with Gasteiger partial charge in [0.1, 0.15) is 0 Å². The Labute approximate surface area is 324 Å². The van der Waals surface area contributed by atoms with Crippen LogP contribution in [-0.4, -0.2) is 41.9 Å². The van der Waals surface area contributed by atoms with Crippen LogP contribution < -0.4 is 5.32 Å². The molecule has 52 heavy (non-hydrogen) atoms. The second-order valence-corrected chi connectivity index (χ2v) is 17.2. The Kier molecular flexibility index (Phi) is 38.6. The van der Waals surface area contributed by atoms with E-state index in [1.807, 2.05) is 6.08 Å². The molecule has 0 heterocycles. The summed E-state index contributed by atoms with van der Waals surface area (Å²) in [4.78, 5) is 12.5. The van der Waals surface area contributed by atoms with Crippen molar-refractivity contribution in [3.05, 3.63) is 24.3 Å². The van der Waals surface area contributed by atoms with E-state index >= 15 is 0 Å². The predicted octanol–water partition coefficient (Wildman–Crippen LogP) is 13.5. The van der Waals surface area contributed by atoms with Gasteiger partial charge < -0.3 is 10.4 Å². The number of unbranched alkanes of at least 4 members (excludes halogenated alkanes) is 31. The first kappa shape index (κ1) is 50.8. The highest BCUT2D eigenvalue weighted by Crippen LogP contribution is 2.16. The number of carbonyl (C=O) groups is 1. The minimum absolute atomic E-state index is 0.284. The molecular formula is C45H87NO5S. The monoisotopic (exact) mass is 754 g/mol. The molecule has 0 rings (SSSR count). The smallest absolute Gasteiger partial charge is 0.267 e. The number of allylic oxidation sites excluding steroid dienone is 3. The first-order valence-corrected chi connectivity index (χ1v) is 24.1. The summed E-state index contributed by atoms with van der Waals surface area (Å²) in [5, 5.41) is 13.2. The molecule has 3 N–H and O–H groups in total. The molecule has 0 aliphatic carbocycles. The van der Waals surface area contributed by atoms with Gasteiger partial charge in [-0.15, -0.1) is 0 Å². The fraction of sp³-hybridized carbons (Fsp3) is 0.889. The average molecular weight is 754 g/mol. The van der Waals surface area contributed by atoms with Gasteiger partial charge >= 0.3 is 0 Å². The standard InChI is InChI=1S/C45H87NO5S/c1-3-5-7-9-11-13-15-17-19-20-21-22-23-24-25-26-27-29-31-33-35-37-39-41-45(48)46-43(42-52(49,50)51)44(47)40-38-36-34-32-30-28-18-16-14-12-10-8-6-4-2/h30,32,38,40,43-44,47H,3-29,31,33-37,39,41-42H2,1-2H3,(H,46,48)(H,49,50,51)/b32-30+,40-38+. The lowest BCUT2D eigenvalue weighted by molar-refractivity contribution is -0.122. The van der Waals surface area contributed by atoms with Gasteiger partial charge in [-0.2, -0.15) is 8.42 Å². The van der Waals surface area contributed by atoms with Gasteiger partial charge in [0.15, 0.2) is 0 Å². The largest absolute Gasteiger partial charge is 0.387 e. The Hall–Kier alpha value is -1.18. The van der Waals surface area contributed by atoms with Crippen molar-refractivity contribution in [2.24, 2.45) is 0 Å². The summed E-state index contributed by atoms with van der Waals surface area (Å²) in [6.45, 7) is 4.53. The van der Waals surface area contributed by atoms with Gasteiger partial charge in [0.05, 0.1) is 17.9 Å². The molecule has 0 fully saturated rings. The first-order chi connectivity index (χ1) is 25.3. The van der Waals surface area contributed by atoms with Gasteiger partial charge in [-0.3, -0.25) is 9.35 Å². The lowest BCUT2D eigenvalue weighted by atomic mass is 10.0. The molecule has 0 aromatic carbocycles. The molecule has 0 bridgehead atoms. The third-order valence-electron chi connectivity index (χ3n) is 10.4. The fourth-order valence-electron chi connectivity index (χ4n) is 7.00. The quantitative estimate of drug-likeness (QED) is 0.0328. The highest BCUT2D eigenvalue weighted by atomic mass is 32.2. The summed E-state index contributed by atoms with van der Waals surface area (Å²) in [5.74, 6) is -0.990. The van der Waals surface area contributed by atoms with Gasteiger partial charge in [-0.1, -0.05) is 224 Å². The van der Waals surface area contributed by atoms with Crippen molar-refractivity contribution < 1.29 is 22.9 Å². The van der Waals surface area contributed by atoms with E-state index in [9.17, 15) is 22.9 Å². The van der Waals surface area contributed by atoms with Crippen LogP contribution in [0, 0.1) is 0 Å². The van der Waals surface area contributed by atoms with E-state index in [0.717, 1.165) is 38.5 Å². The van der Waals surface area contributed by atoms with Crippen molar-refractivity contribution in [2.75, 3.05) is 5.75 Å². The number of carbonyl (C=O) groups excluding carboxylic acids is 1. The van der Waals surface area contributed by atoms with Crippen molar-refractivity contribution in [1.29, 1.82) is 0 Å². The first-order valence-electron chi connectivity index (χ1n) is 22.5. The summed E-state index contributed by atoms with van der Waals surface area (Å²) in [5.41, 5.74) is 0. The van der Waals surface area contributed by atoms with Crippen molar-refractivity contribution in [1.82, 2.24) is 5.32 Å². The molecule has 0 aliphatic rings. The molecule has 2 unspecified atom stereocenters. The second-order valence-electron chi connectivity index (χ2n) is 15.7. The van der Waals surface area contributed by atoms with Crippen molar-refractivity contribution in [3.63, 3.8) is 0 Å². The molecule has 0 aromatic rings. The minimum atomic E-state index is -4.35. The number of aliphatic hydroxyl groups excluding tert-OH is 1. The van der Waals surface area contributed by atoms with Crippen molar-refractivity contribution in [2.45, 2.75) is 251 Å². The zero-order valence-electron chi connectivity index (χ0n) is 34.4. The molecule has 1 amide bonds. The Bertz CT molecular complexity index is 919. The van der Waals surface area contributed by atoms with Crippen LogP contribution in [0.15, 0.2) is 24.3 Å². The third-order valence-corrected chi connectivity index (χ3v) is 11.2. The van der Waals surface area contributed by atoms with Crippen LogP contribution in [0.1, 0.15) is 239 Å². The molecule has 0 spiro atoms. The van der Waals surface area contributed by atoms with Gasteiger partial charge in [0.2, 0.25) is 5.91 Å². The maximum atomic E-state index is 12.5. The number of amides is 1. The summed E-state index contributed by atoms with van der Waals surface area (Å²) in [6, 6.07) is -1.07. The summed E-state index contributed by atoms with van der Waals surface area (Å²) >= 11 is 0. The zero-order valence-corrected chi connectivity index (χ0v) is 35.3. The lowest BCUT2D eigenvalue weighted by Crippen LogP contribution is -2.46. The summed E-state index contributed by atoms with van der Waals surface area (Å²) in [6.07, 6.45) is 50.4. The summed E-state index contributed by atoms with van der Waals surface area (Å²) in [7, 11) is -4.35. The molecule has 7 heteroatoms. The number of aliphatic hydroxyl groups is 1.